The van der Waals surface area contributed by atoms with Crippen molar-refractivity contribution in [3.8, 4) is 0 Å². The van der Waals surface area contributed by atoms with Gasteiger partial charge >= 0.3 is 5.97 Å². The van der Waals surface area contributed by atoms with Gasteiger partial charge in [0.15, 0.2) is 0 Å². The van der Waals surface area contributed by atoms with Crippen molar-refractivity contribution in [2.24, 2.45) is 0 Å². The molecule has 53 heavy (non-hydrogen) atoms. The van der Waals surface area contributed by atoms with E-state index in [1.807, 2.05) is 113 Å². The van der Waals surface area contributed by atoms with E-state index in [1.165, 1.54) is 64.2 Å². The molecule has 0 fully saturated rings. The van der Waals surface area contributed by atoms with Gasteiger partial charge in [-0.1, -0.05) is 174 Å². The Morgan fingerprint density at radius 3 is 1.64 bits per heavy atom. The number of benzene rings is 3. The molecule has 0 spiro atoms. The van der Waals surface area contributed by atoms with Crippen LogP contribution < -0.4 is 4.89 Å². The second-order valence-electron chi connectivity index (χ2n) is 15.3. The van der Waals surface area contributed by atoms with Crippen molar-refractivity contribution in [3.05, 3.63) is 107 Å². The molecule has 0 aromatic heterocycles. The highest BCUT2D eigenvalue weighted by Gasteiger charge is 2.39. The van der Waals surface area contributed by atoms with Crippen molar-refractivity contribution in [1.82, 2.24) is 0 Å². The van der Waals surface area contributed by atoms with E-state index in [4.69, 9.17) is 18.5 Å². The van der Waals surface area contributed by atoms with Gasteiger partial charge in [0.2, 0.25) is 0 Å². The minimum absolute atomic E-state index is 0.0250. The number of nitrogens with zero attached hydrogens (tertiary/aromatic N) is 1. The monoisotopic (exact) mass is 751 g/mol. The van der Waals surface area contributed by atoms with Crippen LogP contribution in [-0.4, -0.2) is 64.1 Å². The molecular weight excluding hydrogens is 685 g/mol. The van der Waals surface area contributed by atoms with Crippen molar-refractivity contribution in [2.45, 2.75) is 115 Å². The zero-order valence-corrected chi connectivity index (χ0v) is 34.0. The quantitative estimate of drug-likeness (QED) is 0.0240. The molecule has 1 unspecified atom stereocenters. The predicted octanol–water partition coefficient (Wildman–Crippen LogP) is 9.90. The zero-order chi connectivity index (χ0) is 38.4. The summed E-state index contributed by atoms with van der Waals surface area (Å²) in [5, 5.41) is 0. The Bertz CT molecular complexity index is 1420. The second-order valence-corrected chi connectivity index (χ2v) is 16.7. The van der Waals surface area contributed by atoms with Crippen LogP contribution in [0.1, 0.15) is 119 Å². The van der Waals surface area contributed by atoms with Crippen LogP contribution in [0.4, 0.5) is 0 Å². The van der Waals surface area contributed by atoms with Gasteiger partial charge in [0.1, 0.15) is 24.9 Å². The fraction of sp³-hybridized carbons (Fsp3) is 0.568. The SMILES string of the molecule is CCCCCCCCCCCCCCCC(=O)O[C@H](COC(c1ccccc1)(c1ccccc1)c1ccc(C)cc1)COP(=O)([O-])OCC[N+](C)(C)C. The van der Waals surface area contributed by atoms with Gasteiger partial charge in [-0.05, 0) is 30.0 Å². The summed E-state index contributed by atoms with van der Waals surface area (Å²) in [6.07, 6.45) is 15.0. The smallest absolute Gasteiger partial charge is 0.306 e. The van der Waals surface area contributed by atoms with E-state index in [2.05, 4.69) is 6.92 Å². The lowest BCUT2D eigenvalue weighted by molar-refractivity contribution is -0.870. The molecule has 0 amide bonds. The van der Waals surface area contributed by atoms with E-state index in [-0.39, 0.29) is 19.6 Å². The number of rotatable bonds is 28. The van der Waals surface area contributed by atoms with Gasteiger partial charge in [-0.15, -0.1) is 0 Å². The number of phosphoric ester groups is 1. The van der Waals surface area contributed by atoms with Gasteiger partial charge in [0.25, 0.3) is 7.82 Å². The van der Waals surface area contributed by atoms with Crippen LogP contribution in [0, 0.1) is 6.92 Å². The number of phosphoric acid groups is 1. The van der Waals surface area contributed by atoms with Gasteiger partial charge in [-0.25, -0.2) is 0 Å². The maximum Gasteiger partial charge on any atom is 0.306 e. The van der Waals surface area contributed by atoms with Crippen molar-refractivity contribution >= 4 is 13.8 Å². The maximum atomic E-state index is 13.2. The molecule has 2 atom stereocenters. The van der Waals surface area contributed by atoms with Gasteiger partial charge in [0, 0.05) is 6.42 Å². The first kappa shape index (κ1) is 44.6. The van der Waals surface area contributed by atoms with E-state index in [9.17, 15) is 14.3 Å². The Labute approximate surface area is 320 Å². The van der Waals surface area contributed by atoms with Crippen molar-refractivity contribution in [2.75, 3.05) is 47.5 Å². The lowest BCUT2D eigenvalue weighted by Gasteiger charge is -2.37. The first-order valence-electron chi connectivity index (χ1n) is 19.9. The number of hydrogen-bond donors (Lipinski definition) is 0. The fourth-order valence-corrected chi connectivity index (χ4v) is 7.12. The molecule has 3 aromatic carbocycles. The summed E-state index contributed by atoms with van der Waals surface area (Å²) in [5.74, 6) is -0.405. The molecule has 0 bridgehead atoms. The fourth-order valence-electron chi connectivity index (χ4n) is 6.39. The van der Waals surface area contributed by atoms with E-state index < -0.39 is 32.1 Å². The standard InChI is InChI=1S/C44H66NO7P/c1-6-7-8-9-10-11-12-13-14-15-16-17-24-29-43(46)52-42(37-51-53(47,48)50-35-34-45(3,4)5)36-49-44(39-25-20-18-21-26-39,40-27-22-19-23-28-40)41-32-30-38(2)31-33-41/h18-23,25-28,30-33,42H,6-17,24,29,34-37H2,1-5H3/t42-/m1/s1. The molecule has 3 aromatic rings. The molecule has 0 radical (unpaired) electrons. The minimum Gasteiger partial charge on any atom is -0.756 e. The maximum absolute atomic E-state index is 13.2. The normalized spacial score (nSPS) is 13.8. The number of carbonyl (C=O) groups is 1. The van der Waals surface area contributed by atoms with Crippen LogP contribution in [0.5, 0.6) is 0 Å². The number of hydrogen-bond acceptors (Lipinski definition) is 7. The van der Waals surface area contributed by atoms with Crippen LogP contribution in [0.15, 0.2) is 84.9 Å². The second kappa shape index (κ2) is 23.8. The number of likely N-dealkylation sites (N-methyl/N-ethyl adjacent to an activating group) is 1. The summed E-state index contributed by atoms with van der Waals surface area (Å²) >= 11 is 0. The van der Waals surface area contributed by atoms with Crippen LogP contribution >= 0.6 is 7.82 Å². The van der Waals surface area contributed by atoms with Crippen LogP contribution in [0.2, 0.25) is 0 Å². The number of carbonyl (C=O) groups excluding carboxylic acids is 1. The number of esters is 1. The topological polar surface area (TPSA) is 94.1 Å². The third kappa shape index (κ3) is 17.0. The van der Waals surface area contributed by atoms with Crippen molar-refractivity contribution in [3.63, 3.8) is 0 Å². The lowest BCUT2D eigenvalue weighted by atomic mass is 9.80. The minimum atomic E-state index is -4.68. The van der Waals surface area contributed by atoms with Gasteiger partial charge in [-0.3, -0.25) is 9.36 Å². The summed E-state index contributed by atoms with van der Waals surface area (Å²) in [7, 11) is 1.17. The largest absolute Gasteiger partial charge is 0.756 e. The van der Waals surface area contributed by atoms with Gasteiger partial charge < -0.3 is 27.9 Å². The Morgan fingerprint density at radius 1 is 0.679 bits per heavy atom. The summed E-state index contributed by atoms with van der Waals surface area (Å²) in [4.78, 5) is 26.0. The highest BCUT2D eigenvalue weighted by Crippen LogP contribution is 2.42. The molecule has 3 rings (SSSR count). The van der Waals surface area contributed by atoms with E-state index in [0.29, 0.717) is 17.4 Å². The summed E-state index contributed by atoms with van der Waals surface area (Å²) in [6, 6.07) is 27.9. The molecule has 294 valence electrons. The number of aryl methyl sites for hydroxylation is 1. The van der Waals surface area contributed by atoms with E-state index in [1.54, 1.807) is 0 Å². The van der Waals surface area contributed by atoms with E-state index in [0.717, 1.165) is 35.1 Å². The molecular formula is C44H66NO7P. The molecule has 0 N–H and O–H groups in total. The third-order valence-electron chi connectivity index (χ3n) is 9.52. The molecule has 0 saturated carbocycles. The number of unbranched alkanes of at least 4 members (excludes halogenated alkanes) is 12. The van der Waals surface area contributed by atoms with Crippen LogP contribution in [0.25, 0.3) is 0 Å². The van der Waals surface area contributed by atoms with Crippen LogP contribution in [-0.2, 0) is 33.5 Å². The third-order valence-corrected chi connectivity index (χ3v) is 10.5. The first-order chi connectivity index (χ1) is 25.4. The molecule has 8 nitrogen and oxygen atoms in total. The van der Waals surface area contributed by atoms with Gasteiger partial charge in [0.05, 0.1) is 34.4 Å². The lowest BCUT2D eigenvalue weighted by Crippen LogP contribution is -2.39. The number of quaternary nitrogens is 1. The molecule has 0 aliphatic heterocycles. The highest BCUT2D eigenvalue weighted by atomic mass is 31.2. The summed E-state index contributed by atoms with van der Waals surface area (Å²) in [5.41, 5.74) is 2.67. The summed E-state index contributed by atoms with van der Waals surface area (Å²) in [6.45, 7) is 4.18. The van der Waals surface area contributed by atoms with Crippen molar-refractivity contribution in [1.29, 1.82) is 0 Å². The Morgan fingerprint density at radius 2 is 1.15 bits per heavy atom. The molecule has 0 aliphatic carbocycles. The van der Waals surface area contributed by atoms with E-state index >= 15 is 0 Å². The Balaban J connectivity index is 1.68. The Kier molecular flexibility index (Phi) is 20.0. The molecule has 0 saturated heterocycles. The average molecular weight is 752 g/mol. The first-order valence-corrected chi connectivity index (χ1v) is 21.3. The molecule has 0 heterocycles. The molecule has 9 heteroatoms. The zero-order valence-electron chi connectivity index (χ0n) is 33.1. The Hall–Kier alpha value is -2.84. The van der Waals surface area contributed by atoms with Gasteiger partial charge in [-0.2, -0.15) is 0 Å². The van der Waals surface area contributed by atoms with Crippen LogP contribution in [0.3, 0.4) is 0 Å². The predicted molar refractivity (Wildman–Crippen MR) is 212 cm³/mol. The van der Waals surface area contributed by atoms with Crippen molar-refractivity contribution < 1.29 is 37.3 Å². The average Bonchev–Trinajstić information content (AvgIpc) is 3.13. The summed E-state index contributed by atoms with van der Waals surface area (Å²) < 4.78 is 36.7. The molecule has 0 aliphatic rings. The number of ether oxygens (including phenoxy) is 2. The highest BCUT2D eigenvalue weighted by molar-refractivity contribution is 7.45.